The van der Waals surface area contributed by atoms with Crippen LogP contribution in [0.1, 0.15) is 76.9 Å². The minimum atomic E-state index is -1.61. The van der Waals surface area contributed by atoms with Gasteiger partial charge in [0.2, 0.25) is 12.4 Å². The quantitative estimate of drug-likeness (QED) is 0.239. The van der Waals surface area contributed by atoms with Gasteiger partial charge >= 0.3 is 35.8 Å². The van der Waals surface area contributed by atoms with E-state index >= 15 is 0 Å². The van der Waals surface area contributed by atoms with Crippen LogP contribution in [0.2, 0.25) is 0 Å². The van der Waals surface area contributed by atoms with Gasteiger partial charge in [-0.05, 0) is 36.8 Å². The van der Waals surface area contributed by atoms with Crippen LogP contribution in [0.15, 0.2) is 42.5 Å². The normalized spacial score (nSPS) is 29.0. The Labute approximate surface area is 331 Å². The summed E-state index contributed by atoms with van der Waals surface area (Å²) in [4.78, 5) is 86.9. The van der Waals surface area contributed by atoms with Crippen LogP contribution < -0.4 is 9.47 Å². The molecule has 5 rings (SSSR count). The number of fused-ring (bicyclic) bond motifs is 1. The molecule has 314 valence electrons. The number of benzene rings is 2. The van der Waals surface area contributed by atoms with Crippen molar-refractivity contribution < 1.29 is 90.8 Å². The number of phenols is 1. The Hall–Kier alpha value is -5.79. The summed E-state index contributed by atoms with van der Waals surface area (Å²) in [5, 5.41) is 9.72. The molecular weight excluding hydrogens is 772 g/mol. The topological polar surface area (TPSA) is 241 Å². The standard InChI is InChI=1S/C39H44O19/c1-17-32(50-18(2)40)34(52-20(4)42)36(54-22(6)44)38(49-17)48-16-31-33(51-19(3)41)35(53-21(5)43)37(55-23(7)45)39(58-31)56-26-12-13-27-28(47)15-29(57-30(27)14-26)24-8-10-25(46)11-9-24/h8-14,17,29,31-39,46H,15-16H2,1-7H3/t17?,29?,31-,32+,33-,34-,35?,36-,37-,38-,39-/m1/s1. The predicted octanol–water partition coefficient (Wildman–Crippen LogP) is 2.55. The fourth-order valence-corrected chi connectivity index (χ4v) is 6.76. The lowest BCUT2D eigenvalue weighted by Gasteiger charge is -2.46. The highest BCUT2D eigenvalue weighted by Gasteiger charge is 2.55. The molecule has 0 radical (unpaired) electrons. The smallest absolute Gasteiger partial charge is 0.303 e. The average Bonchev–Trinajstić information content (AvgIpc) is 3.12. The Bertz CT molecular complexity index is 1880. The molecule has 19 heteroatoms. The highest BCUT2D eigenvalue weighted by molar-refractivity contribution is 6.00. The third-order valence-electron chi connectivity index (χ3n) is 8.97. The summed E-state index contributed by atoms with van der Waals surface area (Å²) in [5.74, 6) is -4.93. The second-order valence-corrected chi connectivity index (χ2v) is 13.6. The van der Waals surface area contributed by atoms with Gasteiger partial charge < -0.3 is 57.2 Å². The van der Waals surface area contributed by atoms with Crippen molar-refractivity contribution in [3.8, 4) is 17.2 Å². The van der Waals surface area contributed by atoms with E-state index in [-0.39, 0.29) is 35.0 Å². The van der Waals surface area contributed by atoms with Crippen LogP contribution in [-0.2, 0) is 71.4 Å². The fraction of sp³-hybridized carbons (Fsp3) is 0.513. The highest BCUT2D eigenvalue weighted by atomic mass is 16.8. The van der Waals surface area contributed by atoms with Gasteiger partial charge in [0.05, 0.1) is 24.7 Å². The van der Waals surface area contributed by atoms with Gasteiger partial charge in [0.1, 0.15) is 29.5 Å². The van der Waals surface area contributed by atoms with Crippen molar-refractivity contribution in [1.82, 2.24) is 0 Å². The molecule has 3 aliphatic heterocycles. The number of ketones is 1. The monoisotopic (exact) mass is 816 g/mol. The molecule has 1 N–H and O–H groups in total. The minimum Gasteiger partial charge on any atom is -0.508 e. The summed E-state index contributed by atoms with van der Waals surface area (Å²) in [5.41, 5.74) is 0.889. The van der Waals surface area contributed by atoms with E-state index < -0.39 is 110 Å². The zero-order valence-electron chi connectivity index (χ0n) is 32.6. The van der Waals surface area contributed by atoms with E-state index in [1.807, 2.05) is 0 Å². The number of carbonyl (C=O) groups is 7. The van der Waals surface area contributed by atoms with Crippen molar-refractivity contribution in [2.24, 2.45) is 0 Å². The molecule has 19 nitrogen and oxygen atoms in total. The number of hydrogen-bond acceptors (Lipinski definition) is 19. The van der Waals surface area contributed by atoms with E-state index in [0.29, 0.717) is 5.56 Å². The van der Waals surface area contributed by atoms with Crippen LogP contribution in [0.5, 0.6) is 17.2 Å². The third-order valence-corrected chi connectivity index (χ3v) is 8.97. The molecule has 3 aliphatic rings. The maximum Gasteiger partial charge on any atom is 0.303 e. The largest absolute Gasteiger partial charge is 0.508 e. The van der Waals surface area contributed by atoms with Gasteiger partial charge in [-0.1, -0.05) is 12.1 Å². The van der Waals surface area contributed by atoms with Crippen LogP contribution in [0.25, 0.3) is 0 Å². The fourth-order valence-electron chi connectivity index (χ4n) is 6.76. The van der Waals surface area contributed by atoms with Crippen LogP contribution in [-0.4, -0.2) is 115 Å². The summed E-state index contributed by atoms with van der Waals surface area (Å²) in [6, 6.07) is 10.5. The van der Waals surface area contributed by atoms with E-state index in [4.69, 9.17) is 52.1 Å². The molecule has 0 amide bonds. The van der Waals surface area contributed by atoms with Crippen molar-refractivity contribution in [2.45, 2.75) is 122 Å². The number of carbonyl (C=O) groups excluding carboxylic acids is 7. The van der Waals surface area contributed by atoms with Crippen molar-refractivity contribution in [1.29, 1.82) is 0 Å². The molecule has 0 aromatic heterocycles. The molecule has 2 aromatic carbocycles. The van der Waals surface area contributed by atoms with Crippen molar-refractivity contribution >= 4 is 41.6 Å². The minimum absolute atomic E-state index is 0.0232. The molecule has 2 aromatic rings. The van der Waals surface area contributed by atoms with Crippen LogP contribution >= 0.6 is 0 Å². The van der Waals surface area contributed by atoms with Crippen LogP contribution in [0, 0.1) is 0 Å². The van der Waals surface area contributed by atoms with E-state index in [2.05, 4.69) is 0 Å². The van der Waals surface area contributed by atoms with Crippen LogP contribution in [0.3, 0.4) is 0 Å². The zero-order valence-corrected chi connectivity index (χ0v) is 32.6. The van der Waals surface area contributed by atoms with E-state index in [0.717, 1.165) is 41.5 Å². The first-order valence-electron chi connectivity index (χ1n) is 18.2. The molecule has 0 aliphatic carbocycles. The van der Waals surface area contributed by atoms with Gasteiger partial charge in [-0.25, -0.2) is 0 Å². The van der Waals surface area contributed by atoms with E-state index in [9.17, 15) is 38.7 Å². The highest BCUT2D eigenvalue weighted by Crippen LogP contribution is 2.39. The molecule has 58 heavy (non-hydrogen) atoms. The first-order valence-corrected chi connectivity index (χ1v) is 18.2. The number of hydrogen-bond donors (Lipinski definition) is 1. The van der Waals surface area contributed by atoms with Gasteiger partial charge in [-0.15, -0.1) is 0 Å². The first kappa shape index (κ1) is 43.3. The lowest BCUT2D eigenvalue weighted by molar-refractivity contribution is -0.323. The number of rotatable bonds is 12. The molecule has 2 saturated heterocycles. The molecular formula is C39H44O19. The molecule has 0 bridgehead atoms. The Morgan fingerprint density at radius 1 is 0.638 bits per heavy atom. The Morgan fingerprint density at radius 3 is 1.71 bits per heavy atom. The number of aromatic hydroxyl groups is 1. The average molecular weight is 817 g/mol. The van der Waals surface area contributed by atoms with Crippen LogP contribution in [0.4, 0.5) is 0 Å². The number of phenolic OH excluding ortho intramolecular Hbond substituents is 1. The van der Waals surface area contributed by atoms with Crippen molar-refractivity contribution in [3.63, 3.8) is 0 Å². The Balaban J connectivity index is 1.47. The summed E-state index contributed by atoms with van der Waals surface area (Å²) < 4.78 is 63.6. The molecule has 11 atom stereocenters. The van der Waals surface area contributed by atoms with Gasteiger partial charge in [-0.3, -0.25) is 33.6 Å². The lowest BCUT2D eigenvalue weighted by atomic mass is 9.96. The second-order valence-electron chi connectivity index (χ2n) is 13.6. The summed E-state index contributed by atoms with van der Waals surface area (Å²) in [7, 11) is 0. The summed E-state index contributed by atoms with van der Waals surface area (Å²) in [6.45, 7) is 7.45. The number of esters is 6. The Morgan fingerprint density at radius 2 is 1.14 bits per heavy atom. The van der Waals surface area contributed by atoms with Gasteiger partial charge in [0, 0.05) is 47.6 Å². The number of Topliss-reactive ketones (excluding diaryl/α,β-unsaturated/α-hetero) is 1. The predicted molar refractivity (Wildman–Crippen MR) is 190 cm³/mol. The number of ether oxygens (including phenoxy) is 11. The van der Waals surface area contributed by atoms with Gasteiger partial charge in [0.25, 0.3) is 0 Å². The van der Waals surface area contributed by atoms with Gasteiger partial charge in [0.15, 0.2) is 42.6 Å². The third kappa shape index (κ3) is 10.8. The zero-order chi connectivity index (χ0) is 42.4. The first-order chi connectivity index (χ1) is 27.4. The lowest BCUT2D eigenvalue weighted by Crippen LogP contribution is -2.64. The Kier molecular flexibility index (Phi) is 13.9. The second kappa shape index (κ2) is 18.6. The molecule has 3 heterocycles. The summed E-state index contributed by atoms with van der Waals surface area (Å²) >= 11 is 0. The maximum absolute atomic E-state index is 13.1. The molecule has 0 spiro atoms. The van der Waals surface area contributed by atoms with Gasteiger partial charge in [-0.2, -0.15) is 0 Å². The van der Waals surface area contributed by atoms with Crippen molar-refractivity contribution in [2.75, 3.05) is 6.61 Å². The van der Waals surface area contributed by atoms with E-state index in [1.54, 1.807) is 12.1 Å². The van der Waals surface area contributed by atoms with E-state index in [1.165, 1.54) is 37.3 Å². The SMILES string of the molecule is CC(=O)OC1[C@@H](OC(C)=O)[C@H](Oc2ccc3c(c2)OC(c2ccc(O)cc2)CC3=O)O[C@H](CO[C@@H]2OC(C)[C@H](OC(C)=O)[C@@H](OC(C)=O)[C@H]2OC(C)=O)[C@H]1OC(C)=O. The molecule has 3 unspecified atom stereocenters. The van der Waals surface area contributed by atoms with Crippen molar-refractivity contribution in [3.05, 3.63) is 53.6 Å². The molecule has 0 saturated carbocycles. The summed E-state index contributed by atoms with van der Waals surface area (Å²) in [6.07, 6.45) is -15.0. The molecule has 2 fully saturated rings. The maximum atomic E-state index is 13.1.